The average molecular weight is 168 g/mol. The summed E-state index contributed by atoms with van der Waals surface area (Å²) in [5, 5.41) is 9.12. The first kappa shape index (κ1) is 7.55. The van der Waals surface area contributed by atoms with Crippen LogP contribution in [0.2, 0.25) is 0 Å². The standard InChI is InChI=1S/C9H9FO2/c10-9-7(11)5-6-3-1-2-4-8(6)12-9/h1-4,7,9,11H,5H2. The minimum atomic E-state index is -1.58. The summed E-state index contributed by atoms with van der Waals surface area (Å²) in [6.07, 6.45) is -2.28. The Morgan fingerprint density at radius 3 is 3.00 bits per heavy atom. The summed E-state index contributed by atoms with van der Waals surface area (Å²) in [5.74, 6) is 0.537. The Bertz CT molecular complexity index is 259. The number of aliphatic hydroxyl groups is 1. The topological polar surface area (TPSA) is 29.5 Å². The van der Waals surface area contributed by atoms with E-state index in [-0.39, 0.29) is 0 Å². The summed E-state index contributed by atoms with van der Waals surface area (Å²) in [4.78, 5) is 0. The Morgan fingerprint density at radius 1 is 1.42 bits per heavy atom. The van der Waals surface area contributed by atoms with Gasteiger partial charge >= 0.3 is 0 Å². The lowest BCUT2D eigenvalue weighted by atomic mass is 10.0. The van der Waals surface area contributed by atoms with Crippen molar-refractivity contribution in [1.29, 1.82) is 0 Å². The molecule has 2 unspecified atom stereocenters. The highest BCUT2D eigenvalue weighted by atomic mass is 19.1. The van der Waals surface area contributed by atoms with Gasteiger partial charge in [-0.1, -0.05) is 18.2 Å². The van der Waals surface area contributed by atoms with Crippen LogP contribution in [-0.2, 0) is 6.42 Å². The van der Waals surface area contributed by atoms with Crippen LogP contribution in [0.25, 0.3) is 0 Å². The van der Waals surface area contributed by atoms with Gasteiger partial charge in [-0.3, -0.25) is 0 Å². The van der Waals surface area contributed by atoms with Gasteiger partial charge in [0.15, 0.2) is 0 Å². The highest BCUT2D eigenvalue weighted by molar-refractivity contribution is 5.35. The zero-order chi connectivity index (χ0) is 8.55. The lowest BCUT2D eigenvalue weighted by molar-refractivity contribution is -0.0578. The zero-order valence-electron chi connectivity index (χ0n) is 6.40. The van der Waals surface area contributed by atoms with Crippen molar-refractivity contribution in [3.05, 3.63) is 29.8 Å². The third-order valence-corrected chi connectivity index (χ3v) is 1.94. The van der Waals surface area contributed by atoms with E-state index in [9.17, 15) is 4.39 Å². The van der Waals surface area contributed by atoms with Crippen molar-refractivity contribution < 1.29 is 14.2 Å². The molecule has 2 atom stereocenters. The van der Waals surface area contributed by atoms with E-state index < -0.39 is 12.5 Å². The molecule has 12 heavy (non-hydrogen) atoms. The van der Waals surface area contributed by atoms with Crippen LogP contribution >= 0.6 is 0 Å². The number of halogens is 1. The Morgan fingerprint density at radius 2 is 2.17 bits per heavy atom. The van der Waals surface area contributed by atoms with E-state index >= 15 is 0 Å². The van der Waals surface area contributed by atoms with Gasteiger partial charge in [0.05, 0.1) is 0 Å². The van der Waals surface area contributed by atoms with Gasteiger partial charge in [0.1, 0.15) is 11.9 Å². The smallest absolute Gasteiger partial charge is 0.264 e. The van der Waals surface area contributed by atoms with Gasteiger partial charge in [-0.25, -0.2) is 0 Å². The van der Waals surface area contributed by atoms with E-state index in [0.717, 1.165) is 5.56 Å². The van der Waals surface area contributed by atoms with Crippen molar-refractivity contribution in [2.24, 2.45) is 0 Å². The first-order valence-electron chi connectivity index (χ1n) is 3.84. The molecule has 1 aromatic carbocycles. The van der Waals surface area contributed by atoms with E-state index in [4.69, 9.17) is 9.84 Å². The molecule has 1 heterocycles. The number of alkyl halides is 1. The van der Waals surface area contributed by atoms with Crippen LogP contribution in [0.1, 0.15) is 5.56 Å². The van der Waals surface area contributed by atoms with Crippen molar-refractivity contribution in [2.45, 2.75) is 18.9 Å². The predicted molar refractivity (Wildman–Crippen MR) is 41.7 cm³/mol. The summed E-state index contributed by atoms with van der Waals surface area (Å²) < 4.78 is 17.6. The van der Waals surface area contributed by atoms with Crippen molar-refractivity contribution in [1.82, 2.24) is 0 Å². The van der Waals surface area contributed by atoms with Crippen molar-refractivity contribution in [3.63, 3.8) is 0 Å². The number of ether oxygens (including phenoxy) is 1. The highest BCUT2D eigenvalue weighted by Gasteiger charge is 2.27. The molecule has 0 fully saturated rings. The van der Waals surface area contributed by atoms with Crippen LogP contribution in [0.3, 0.4) is 0 Å². The van der Waals surface area contributed by atoms with Crippen LogP contribution in [-0.4, -0.2) is 17.6 Å². The molecule has 0 aromatic heterocycles. The fraction of sp³-hybridized carbons (Fsp3) is 0.333. The zero-order valence-corrected chi connectivity index (χ0v) is 6.40. The van der Waals surface area contributed by atoms with Gasteiger partial charge in [-0.2, -0.15) is 4.39 Å². The monoisotopic (exact) mass is 168 g/mol. The van der Waals surface area contributed by atoms with Crippen molar-refractivity contribution in [2.75, 3.05) is 0 Å². The van der Waals surface area contributed by atoms with Crippen molar-refractivity contribution >= 4 is 0 Å². The Balaban J connectivity index is 2.34. The molecule has 0 radical (unpaired) electrons. The second kappa shape index (κ2) is 2.75. The molecule has 1 aliphatic heterocycles. The minimum Gasteiger partial charge on any atom is -0.457 e. The molecule has 1 N–H and O–H groups in total. The number of rotatable bonds is 0. The molecule has 0 saturated carbocycles. The van der Waals surface area contributed by atoms with Gasteiger partial charge in [-0.05, 0) is 11.6 Å². The molecule has 0 amide bonds. The summed E-state index contributed by atoms with van der Waals surface area (Å²) in [6, 6.07) is 7.15. The molecule has 0 aliphatic carbocycles. The molecule has 2 rings (SSSR count). The molecular weight excluding hydrogens is 159 g/mol. The fourth-order valence-corrected chi connectivity index (χ4v) is 1.31. The van der Waals surface area contributed by atoms with E-state index in [1.807, 2.05) is 12.1 Å². The third-order valence-electron chi connectivity index (χ3n) is 1.94. The van der Waals surface area contributed by atoms with E-state index in [1.165, 1.54) is 0 Å². The van der Waals surface area contributed by atoms with Gasteiger partial charge in [0.2, 0.25) is 0 Å². The third kappa shape index (κ3) is 1.16. The first-order valence-corrected chi connectivity index (χ1v) is 3.84. The Labute approximate surface area is 69.6 Å². The molecule has 3 heteroatoms. The molecular formula is C9H9FO2. The number of para-hydroxylation sites is 1. The average Bonchev–Trinajstić information content (AvgIpc) is 2.07. The largest absolute Gasteiger partial charge is 0.457 e. The maximum Gasteiger partial charge on any atom is 0.264 e. The number of hydrogen-bond donors (Lipinski definition) is 1. The lowest BCUT2D eigenvalue weighted by Gasteiger charge is -2.24. The minimum absolute atomic E-state index is 0.331. The van der Waals surface area contributed by atoms with E-state index in [1.54, 1.807) is 12.1 Å². The quantitative estimate of drug-likeness (QED) is 0.632. The molecule has 64 valence electrons. The number of hydrogen-bond acceptors (Lipinski definition) is 2. The van der Waals surface area contributed by atoms with E-state index in [2.05, 4.69) is 0 Å². The van der Waals surface area contributed by atoms with Crippen LogP contribution in [0.4, 0.5) is 4.39 Å². The van der Waals surface area contributed by atoms with Gasteiger partial charge in [-0.15, -0.1) is 0 Å². The van der Waals surface area contributed by atoms with E-state index in [0.29, 0.717) is 12.2 Å². The van der Waals surface area contributed by atoms with Crippen molar-refractivity contribution in [3.8, 4) is 5.75 Å². The van der Waals surface area contributed by atoms with Crippen LogP contribution in [0.5, 0.6) is 5.75 Å². The Hall–Kier alpha value is -1.09. The Kier molecular flexibility index (Phi) is 1.73. The molecule has 2 nitrogen and oxygen atoms in total. The number of fused-ring (bicyclic) bond motifs is 1. The number of aliphatic hydroxyl groups excluding tert-OH is 1. The molecule has 0 bridgehead atoms. The van der Waals surface area contributed by atoms with Gasteiger partial charge < -0.3 is 9.84 Å². The number of benzene rings is 1. The molecule has 0 saturated heterocycles. The lowest BCUT2D eigenvalue weighted by Crippen LogP contribution is -2.33. The maximum absolute atomic E-state index is 12.8. The first-order chi connectivity index (χ1) is 5.77. The van der Waals surface area contributed by atoms with Crippen LogP contribution < -0.4 is 4.74 Å². The predicted octanol–water partition coefficient (Wildman–Crippen LogP) is 1.28. The summed E-state index contributed by atoms with van der Waals surface area (Å²) in [6.45, 7) is 0. The SMILES string of the molecule is OC1Cc2ccccc2OC1F. The highest BCUT2D eigenvalue weighted by Crippen LogP contribution is 2.27. The molecule has 1 aromatic rings. The summed E-state index contributed by atoms with van der Waals surface area (Å²) in [7, 11) is 0. The molecule has 1 aliphatic rings. The maximum atomic E-state index is 12.8. The van der Waals surface area contributed by atoms with Crippen LogP contribution in [0.15, 0.2) is 24.3 Å². The summed E-state index contributed by atoms with van der Waals surface area (Å²) >= 11 is 0. The second-order valence-corrected chi connectivity index (χ2v) is 2.85. The van der Waals surface area contributed by atoms with Crippen LogP contribution in [0, 0.1) is 0 Å². The summed E-state index contributed by atoms with van der Waals surface area (Å²) in [5.41, 5.74) is 0.860. The van der Waals surface area contributed by atoms with Gasteiger partial charge in [0, 0.05) is 6.42 Å². The fourth-order valence-electron chi connectivity index (χ4n) is 1.31. The normalized spacial score (nSPS) is 27.5. The van der Waals surface area contributed by atoms with Gasteiger partial charge in [0.25, 0.3) is 6.36 Å². The molecule has 0 spiro atoms. The second-order valence-electron chi connectivity index (χ2n) is 2.85.